The fraction of sp³-hybridized carbons (Fsp3) is 0.579. The maximum absolute atomic E-state index is 12.2. The molecule has 0 atom stereocenters. The predicted octanol–water partition coefficient (Wildman–Crippen LogP) is 1.64. The molecule has 5 nitrogen and oxygen atoms in total. The molecule has 1 fully saturated rings. The Kier molecular flexibility index (Phi) is 7.25. The van der Waals surface area contributed by atoms with Gasteiger partial charge in [0.2, 0.25) is 11.8 Å². The van der Waals surface area contributed by atoms with E-state index in [9.17, 15) is 9.59 Å². The van der Waals surface area contributed by atoms with Gasteiger partial charge in [0.1, 0.15) is 0 Å². The Balaban J connectivity index is 1.72. The van der Waals surface area contributed by atoms with E-state index in [1.807, 2.05) is 4.90 Å². The van der Waals surface area contributed by atoms with Crippen LogP contribution in [-0.2, 0) is 22.4 Å². The first kappa shape index (κ1) is 18.5. The Morgan fingerprint density at radius 2 is 1.79 bits per heavy atom. The Hall–Kier alpha value is -1.88. The molecule has 0 radical (unpaired) electrons. The number of carbonyl (C=O) groups is 2. The number of unbranched alkanes of at least 4 members (excludes halogenated alkanes) is 1. The van der Waals surface area contributed by atoms with Crippen LogP contribution in [0.25, 0.3) is 0 Å². The van der Waals surface area contributed by atoms with Crippen molar-refractivity contribution < 1.29 is 9.59 Å². The largest absolute Gasteiger partial charge is 0.369 e. The summed E-state index contributed by atoms with van der Waals surface area (Å²) in [5, 5.41) is 3.11. The third-order valence-electron chi connectivity index (χ3n) is 4.54. The van der Waals surface area contributed by atoms with Crippen molar-refractivity contribution in [2.75, 3.05) is 19.6 Å². The molecule has 0 spiro atoms. The summed E-state index contributed by atoms with van der Waals surface area (Å²) in [5.74, 6) is -0.218. The molecule has 132 valence electrons. The van der Waals surface area contributed by atoms with Crippen LogP contribution < -0.4 is 11.1 Å². The SMILES string of the molecule is CCCCc1ccc(CC(=O)NC2CCN(CC(N)=O)CC2)cc1. The quantitative estimate of drug-likeness (QED) is 0.760. The molecule has 2 rings (SSSR count). The van der Waals surface area contributed by atoms with Crippen LogP contribution in [0.4, 0.5) is 0 Å². The zero-order chi connectivity index (χ0) is 17.4. The van der Waals surface area contributed by atoms with Crippen molar-refractivity contribution in [2.24, 2.45) is 5.73 Å². The van der Waals surface area contributed by atoms with E-state index < -0.39 is 0 Å². The molecule has 24 heavy (non-hydrogen) atoms. The number of hydrogen-bond acceptors (Lipinski definition) is 3. The maximum atomic E-state index is 12.2. The van der Waals surface area contributed by atoms with Crippen molar-refractivity contribution in [1.82, 2.24) is 10.2 Å². The van der Waals surface area contributed by atoms with Crippen LogP contribution in [0.15, 0.2) is 24.3 Å². The normalized spacial score (nSPS) is 16.0. The molecule has 0 saturated carbocycles. The highest BCUT2D eigenvalue weighted by molar-refractivity contribution is 5.79. The number of nitrogens with one attached hydrogen (secondary N) is 1. The number of likely N-dealkylation sites (tertiary alicyclic amines) is 1. The molecule has 1 heterocycles. The van der Waals surface area contributed by atoms with Crippen LogP contribution in [0, 0.1) is 0 Å². The van der Waals surface area contributed by atoms with E-state index in [4.69, 9.17) is 5.73 Å². The number of piperidine rings is 1. The van der Waals surface area contributed by atoms with Gasteiger partial charge in [-0.1, -0.05) is 37.6 Å². The van der Waals surface area contributed by atoms with Crippen LogP contribution in [0.1, 0.15) is 43.7 Å². The highest BCUT2D eigenvalue weighted by atomic mass is 16.2. The molecule has 1 saturated heterocycles. The summed E-state index contributed by atoms with van der Waals surface area (Å²) >= 11 is 0. The first-order chi connectivity index (χ1) is 11.6. The molecule has 1 aromatic rings. The Labute approximate surface area is 144 Å². The van der Waals surface area contributed by atoms with Crippen molar-refractivity contribution >= 4 is 11.8 Å². The second-order valence-electron chi connectivity index (χ2n) is 6.68. The number of carbonyl (C=O) groups excluding carboxylic acids is 2. The van der Waals surface area contributed by atoms with Crippen molar-refractivity contribution in [3.63, 3.8) is 0 Å². The lowest BCUT2D eigenvalue weighted by Gasteiger charge is -2.31. The van der Waals surface area contributed by atoms with E-state index in [1.165, 1.54) is 18.4 Å². The lowest BCUT2D eigenvalue weighted by molar-refractivity contribution is -0.122. The number of benzene rings is 1. The van der Waals surface area contributed by atoms with Crippen LogP contribution in [0.2, 0.25) is 0 Å². The van der Waals surface area contributed by atoms with Crippen molar-refractivity contribution in [1.29, 1.82) is 0 Å². The number of hydrogen-bond donors (Lipinski definition) is 2. The summed E-state index contributed by atoms with van der Waals surface area (Å²) in [7, 11) is 0. The van der Waals surface area contributed by atoms with Crippen LogP contribution in [0.3, 0.4) is 0 Å². The van der Waals surface area contributed by atoms with Crippen LogP contribution >= 0.6 is 0 Å². The Morgan fingerprint density at radius 1 is 1.17 bits per heavy atom. The van der Waals surface area contributed by atoms with Gasteiger partial charge in [0, 0.05) is 19.1 Å². The van der Waals surface area contributed by atoms with Gasteiger partial charge in [-0.15, -0.1) is 0 Å². The lowest BCUT2D eigenvalue weighted by Crippen LogP contribution is -2.47. The van der Waals surface area contributed by atoms with E-state index in [1.54, 1.807) is 0 Å². The van der Waals surface area contributed by atoms with E-state index in [2.05, 4.69) is 36.5 Å². The molecule has 1 aliphatic rings. The van der Waals surface area contributed by atoms with Gasteiger partial charge in [0.15, 0.2) is 0 Å². The minimum Gasteiger partial charge on any atom is -0.369 e. The molecular formula is C19H29N3O2. The molecule has 0 unspecified atom stereocenters. The molecule has 1 aliphatic heterocycles. The van der Waals surface area contributed by atoms with Crippen LogP contribution in [-0.4, -0.2) is 42.4 Å². The second-order valence-corrected chi connectivity index (χ2v) is 6.68. The summed E-state index contributed by atoms with van der Waals surface area (Å²) in [4.78, 5) is 25.2. The highest BCUT2D eigenvalue weighted by Crippen LogP contribution is 2.11. The van der Waals surface area contributed by atoms with E-state index in [0.29, 0.717) is 13.0 Å². The van der Waals surface area contributed by atoms with Gasteiger partial charge in [0.05, 0.1) is 13.0 Å². The van der Waals surface area contributed by atoms with Crippen molar-refractivity contribution in [3.05, 3.63) is 35.4 Å². The van der Waals surface area contributed by atoms with Gasteiger partial charge < -0.3 is 11.1 Å². The average molecular weight is 331 g/mol. The first-order valence-corrected chi connectivity index (χ1v) is 8.94. The van der Waals surface area contributed by atoms with E-state index in [0.717, 1.165) is 37.9 Å². The number of amides is 2. The summed E-state index contributed by atoms with van der Waals surface area (Å²) < 4.78 is 0. The maximum Gasteiger partial charge on any atom is 0.231 e. The number of primary amides is 1. The fourth-order valence-corrected chi connectivity index (χ4v) is 3.12. The zero-order valence-electron chi connectivity index (χ0n) is 14.6. The highest BCUT2D eigenvalue weighted by Gasteiger charge is 2.21. The third-order valence-corrected chi connectivity index (χ3v) is 4.54. The molecule has 0 aliphatic carbocycles. The number of nitrogens with two attached hydrogens (primary N) is 1. The van der Waals surface area contributed by atoms with Crippen LogP contribution in [0.5, 0.6) is 0 Å². The minimum absolute atomic E-state index is 0.0738. The smallest absolute Gasteiger partial charge is 0.231 e. The molecule has 5 heteroatoms. The molecule has 2 amide bonds. The molecular weight excluding hydrogens is 302 g/mol. The first-order valence-electron chi connectivity index (χ1n) is 8.94. The monoisotopic (exact) mass is 331 g/mol. The fourth-order valence-electron chi connectivity index (χ4n) is 3.12. The van der Waals surface area contributed by atoms with Gasteiger partial charge in [0.25, 0.3) is 0 Å². The van der Waals surface area contributed by atoms with Gasteiger partial charge in [-0.2, -0.15) is 0 Å². The van der Waals surface area contributed by atoms with Crippen molar-refractivity contribution in [2.45, 2.75) is 51.5 Å². The average Bonchev–Trinajstić information content (AvgIpc) is 2.55. The topological polar surface area (TPSA) is 75.4 Å². The summed E-state index contributed by atoms with van der Waals surface area (Å²) in [6.45, 7) is 4.11. The van der Waals surface area contributed by atoms with Gasteiger partial charge in [-0.25, -0.2) is 0 Å². The van der Waals surface area contributed by atoms with Gasteiger partial charge >= 0.3 is 0 Å². The molecule has 3 N–H and O–H groups in total. The Morgan fingerprint density at radius 3 is 2.38 bits per heavy atom. The lowest BCUT2D eigenvalue weighted by atomic mass is 10.0. The number of aryl methyl sites for hydroxylation is 1. The molecule has 0 bridgehead atoms. The summed E-state index contributed by atoms with van der Waals surface area (Å²) in [5.41, 5.74) is 7.60. The number of rotatable bonds is 8. The van der Waals surface area contributed by atoms with Crippen molar-refractivity contribution in [3.8, 4) is 0 Å². The standard InChI is InChI=1S/C19H29N3O2/c1-2-3-4-15-5-7-16(8-6-15)13-19(24)21-17-9-11-22(12-10-17)14-18(20)23/h5-8,17H,2-4,9-14H2,1H3,(H2,20,23)(H,21,24). The van der Waals surface area contributed by atoms with Gasteiger partial charge in [-0.3, -0.25) is 14.5 Å². The predicted molar refractivity (Wildman–Crippen MR) is 95.6 cm³/mol. The third kappa shape index (κ3) is 6.32. The second kappa shape index (κ2) is 9.42. The van der Waals surface area contributed by atoms with E-state index >= 15 is 0 Å². The molecule has 1 aromatic carbocycles. The number of nitrogens with zero attached hydrogens (tertiary/aromatic N) is 1. The minimum atomic E-state index is -0.292. The summed E-state index contributed by atoms with van der Waals surface area (Å²) in [6, 6.07) is 8.56. The van der Waals surface area contributed by atoms with Gasteiger partial charge in [-0.05, 0) is 36.8 Å². The Bertz CT molecular complexity index is 534. The zero-order valence-corrected chi connectivity index (χ0v) is 14.6. The van der Waals surface area contributed by atoms with E-state index in [-0.39, 0.29) is 17.9 Å². The molecule has 0 aromatic heterocycles. The summed E-state index contributed by atoms with van der Waals surface area (Å²) in [6.07, 6.45) is 5.67.